The number of rotatable bonds is 6. The van der Waals surface area contributed by atoms with Crippen molar-refractivity contribution in [2.45, 2.75) is 11.8 Å². The molecule has 0 spiro atoms. The second-order valence-electron chi connectivity index (χ2n) is 6.62. The number of fused-ring (bicyclic) bond motifs is 1. The Kier molecular flexibility index (Phi) is 5.24. The minimum absolute atomic E-state index is 0.125. The lowest BCUT2D eigenvalue weighted by atomic mass is 10.2. The lowest BCUT2D eigenvalue weighted by molar-refractivity contribution is 0.102. The average Bonchev–Trinajstić information content (AvgIpc) is 3.25. The van der Waals surface area contributed by atoms with Gasteiger partial charge in [0.25, 0.3) is 15.9 Å². The highest BCUT2D eigenvalue weighted by atomic mass is 32.2. The van der Waals surface area contributed by atoms with Gasteiger partial charge in [-0.3, -0.25) is 14.2 Å². The lowest BCUT2D eigenvalue weighted by Crippen LogP contribution is -2.30. The van der Waals surface area contributed by atoms with Gasteiger partial charge in [-0.05, 0) is 49.4 Å². The second-order valence-corrected chi connectivity index (χ2v) is 8.49. The maximum absolute atomic E-state index is 13.1. The predicted octanol–water partition coefficient (Wildman–Crippen LogP) is 4.03. The number of carbonyl (C=O) groups excluding carboxylic acids is 1. The zero-order valence-corrected chi connectivity index (χ0v) is 17.1. The summed E-state index contributed by atoms with van der Waals surface area (Å²) in [6.07, 6.45) is 1.68. The van der Waals surface area contributed by atoms with Crippen molar-refractivity contribution in [1.29, 1.82) is 0 Å². The van der Waals surface area contributed by atoms with E-state index in [1.165, 1.54) is 28.6 Å². The molecule has 3 aromatic carbocycles. The third kappa shape index (κ3) is 3.65. The van der Waals surface area contributed by atoms with Crippen LogP contribution in [0.15, 0.2) is 83.9 Å². The van der Waals surface area contributed by atoms with Crippen LogP contribution in [-0.2, 0) is 10.0 Å². The van der Waals surface area contributed by atoms with Gasteiger partial charge in [-0.1, -0.05) is 30.3 Å². The molecule has 0 aliphatic heterocycles. The van der Waals surface area contributed by atoms with Gasteiger partial charge in [0.1, 0.15) is 0 Å². The summed E-state index contributed by atoms with van der Waals surface area (Å²) in [7, 11) is -3.74. The molecular formula is C22H20N4O3S. The number of carbonyl (C=O) groups is 1. The van der Waals surface area contributed by atoms with E-state index in [0.29, 0.717) is 23.5 Å². The van der Waals surface area contributed by atoms with Crippen LogP contribution in [0.2, 0.25) is 0 Å². The van der Waals surface area contributed by atoms with Gasteiger partial charge in [0.15, 0.2) is 0 Å². The first-order valence-corrected chi connectivity index (χ1v) is 10.9. The summed E-state index contributed by atoms with van der Waals surface area (Å²) < 4.78 is 27.5. The number of benzene rings is 3. The SMILES string of the molecule is CCN(c1ccccc1)S(=O)(=O)c1ccc(C(=O)Nc2cccc3cn[nH]c23)cc1. The Morgan fingerprint density at radius 3 is 2.43 bits per heavy atom. The highest BCUT2D eigenvalue weighted by Gasteiger charge is 2.23. The Labute approximate surface area is 174 Å². The minimum atomic E-state index is -3.74. The van der Waals surface area contributed by atoms with Gasteiger partial charge >= 0.3 is 0 Å². The van der Waals surface area contributed by atoms with Crippen LogP contribution in [0.3, 0.4) is 0 Å². The van der Waals surface area contributed by atoms with Gasteiger partial charge in [-0.2, -0.15) is 5.10 Å². The molecule has 4 rings (SSSR count). The Balaban J connectivity index is 1.57. The minimum Gasteiger partial charge on any atom is -0.320 e. The highest BCUT2D eigenvalue weighted by molar-refractivity contribution is 7.92. The molecule has 0 atom stereocenters. The summed E-state index contributed by atoms with van der Waals surface area (Å²) in [5.41, 5.74) is 2.28. The first kappa shape index (κ1) is 19.7. The Morgan fingerprint density at radius 1 is 1.00 bits per heavy atom. The van der Waals surface area contributed by atoms with Crippen molar-refractivity contribution in [3.8, 4) is 0 Å². The maximum Gasteiger partial charge on any atom is 0.264 e. The van der Waals surface area contributed by atoms with E-state index in [1.807, 2.05) is 18.2 Å². The fourth-order valence-electron chi connectivity index (χ4n) is 3.26. The van der Waals surface area contributed by atoms with Crippen LogP contribution < -0.4 is 9.62 Å². The van der Waals surface area contributed by atoms with E-state index in [2.05, 4.69) is 15.5 Å². The van der Waals surface area contributed by atoms with Crippen LogP contribution in [0.1, 0.15) is 17.3 Å². The molecule has 152 valence electrons. The molecule has 2 N–H and O–H groups in total. The van der Waals surface area contributed by atoms with Crippen molar-refractivity contribution in [3.63, 3.8) is 0 Å². The molecule has 0 fully saturated rings. The number of amides is 1. The van der Waals surface area contributed by atoms with Crippen molar-refractivity contribution in [2.24, 2.45) is 0 Å². The monoisotopic (exact) mass is 420 g/mol. The maximum atomic E-state index is 13.1. The van der Waals surface area contributed by atoms with E-state index in [9.17, 15) is 13.2 Å². The molecule has 1 heterocycles. The van der Waals surface area contributed by atoms with Crippen LogP contribution in [0.4, 0.5) is 11.4 Å². The van der Waals surface area contributed by atoms with Crippen molar-refractivity contribution in [2.75, 3.05) is 16.2 Å². The number of hydrogen-bond donors (Lipinski definition) is 2. The summed E-state index contributed by atoms with van der Waals surface area (Å²) >= 11 is 0. The Morgan fingerprint density at radius 2 is 1.73 bits per heavy atom. The van der Waals surface area contributed by atoms with Gasteiger partial charge < -0.3 is 5.32 Å². The Bertz CT molecular complexity index is 1280. The lowest BCUT2D eigenvalue weighted by Gasteiger charge is -2.23. The average molecular weight is 420 g/mol. The molecule has 4 aromatic rings. The van der Waals surface area contributed by atoms with Crippen LogP contribution in [0, 0.1) is 0 Å². The number of nitrogens with zero attached hydrogens (tertiary/aromatic N) is 2. The third-order valence-corrected chi connectivity index (χ3v) is 6.68. The van der Waals surface area contributed by atoms with E-state index in [0.717, 1.165) is 10.9 Å². The summed E-state index contributed by atoms with van der Waals surface area (Å²) in [5.74, 6) is -0.337. The number of nitrogens with one attached hydrogen (secondary N) is 2. The van der Waals surface area contributed by atoms with Crippen LogP contribution in [-0.4, -0.2) is 31.1 Å². The number of anilines is 2. The molecule has 30 heavy (non-hydrogen) atoms. The predicted molar refractivity (Wildman–Crippen MR) is 117 cm³/mol. The molecule has 0 bridgehead atoms. The third-order valence-electron chi connectivity index (χ3n) is 4.76. The molecule has 0 aliphatic rings. The largest absolute Gasteiger partial charge is 0.320 e. The van der Waals surface area contributed by atoms with Crippen molar-refractivity contribution >= 4 is 38.2 Å². The number of sulfonamides is 1. The van der Waals surface area contributed by atoms with E-state index in [4.69, 9.17) is 0 Å². The molecule has 0 saturated carbocycles. The molecule has 0 radical (unpaired) electrons. The zero-order valence-electron chi connectivity index (χ0n) is 16.2. The smallest absolute Gasteiger partial charge is 0.264 e. The van der Waals surface area contributed by atoms with E-state index in [1.54, 1.807) is 43.5 Å². The summed E-state index contributed by atoms with van der Waals surface area (Å²) in [6.45, 7) is 2.07. The Hall–Kier alpha value is -3.65. The number of para-hydroxylation sites is 2. The second kappa shape index (κ2) is 8.00. The van der Waals surface area contributed by atoms with E-state index < -0.39 is 10.0 Å². The molecule has 0 saturated heterocycles. The van der Waals surface area contributed by atoms with Crippen LogP contribution in [0.25, 0.3) is 10.9 Å². The number of aromatic amines is 1. The summed E-state index contributed by atoms with van der Waals surface area (Å²) in [6, 6.07) is 20.3. The molecule has 8 heteroatoms. The highest BCUT2D eigenvalue weighted by Crippen LogP contribution is 2.24. The zero-order chi connectivity index (χ0) is 21.1. The molecule has 0 unspecified atom stereocenters. The number of H-pyrrole nitrogens is 1. The fourth-order valence-corrected chi connectivity index (χ4v) is 4.73. The first-order valence-electron chi connectivity index (χ1n) is 9.42. The van der Waals surface area contributed by atoms with Gasteiger partial charge in [0, 0.05) is 17.5 Å². The molecule has 1 amide bonds. The fraction of sp³-hybridized carbons (Fsp3) is 0.0909. The summed E-state index contributed by atoms with van der Waals surface area (Å²) in [4.78, 5) is 12.8. The molecule has 7 nitrogen and oxygen atoms in total. The van der Waals surface area contributed by atoms with Crippen molar-refractivity contribution < 1.29 is 13.2 Å². The summed E-state index contributed by atoms with van der Waals surface area (Å²) in [5, 5.41) is 10.6. The normalized spacial score (nSPS) is 11.4. The van der Waals surface area contributed by atoms with Crippen molar-refractivity contribution in [1.82, 2.24) is 10.2 Å². The first-order chi connectivity index (χ1) is 14.5. The van der Waals surface area contributed by atoms with Crippen LogP contribution in [0.5, 0.6) is 0 Å². The van der Waals surface area contributed by atoms with Crippen molar-refractivity contribution in [3.05, 3.63) is 84.6 Å². The van der Waals surface area contributed by atoms with Crippen LogP contribution >= 0.6 is 0 Å². The van der Waals surface area contributed by atoms with Gasteiger partial charge in [0.2, 0.25) is 0 Å². The van der Waals surface area contributed by atoms with E-state index >= 15 is 0 Å². The molecular weight excluding hydrogens is 400 g/mol. The van der Waals surface area contributed by atoms with Gasteiger partial charge in [-0.25, -0.2) is 8.42 Å². The quantitative estimate of drug-likeness (QED) is 0.492. The topological polar surface area (TPSA) is 95.2 Å². The number of aromatic nitrogens is 2. The van der Waals surface area contributed by atoms with Gasteiger partial charge in [0.05, 0.1) is 28.0 Å². The van der Waals surface area contributed by atoms with Gasteiger partial charge in [-0.15, -0.1) is 0 Å². The standard InChI is InChI=1S/C22H20N4O3S/c1-2-26(18-8-4-3-5-9-18)30(28,29)19-13-11-16(12-14-19)22(27)24-20-10-6-7-17-15-23-25-21(17)20/h3-15H,2H2,1H3,(H,23,25)(H,24,27). The molecule has 1 aromatic heterocycles. The van der Waals surface area contributed by atoms with E-state index in [-0.39, 0.29) is 10.8 Å². The number of hydrogen-bond acceptors (Lipinski definition) is 4. The molecule has 0 aliphatic carbocycles.